The molecule has 2 aliphatic rings. The summed E-state index contributed by atoms with van der Waals surface area (Å²) < 4.78 is 0. The molecular formula is C17H27N3. The second-order valence-corrected chi connectivity index (χ2v) is 6.67. The topological polar surface area (TPSA) is 28.2 Å². The number of nitrogens with one attached hydrogen (secondary N) is 1. The van der Waals surface area contributed by atoms with E-state index in [0.29, 0.717) is 0 Å². The van der Waals surface area contributed by atoms with Crippen molar-refractivity contribution in [3.05, 3.63) is 23.9 Å². The minimum Gasteiger partial charge on any atom is -0.370 e. The fraction of sp³-hybridized carbons (Fsp3) is 0.706. The normalized spacial score (nSPS) is 28.2. The number of hydrogen-bond donors (Lipinski definition) is 1. The molecule has 0 spiro atoms. The molecule has 0 aliphatic heterocycles. The Kier molecular flexibility index (Phi) is 4.25. The molecule has 0 radical (unpaired) electrons. The second-order valence-electron chi connectivity index (χ2n) is 6.67. The molecule has 1 N–H and O–H groups in total. The summed E-state index contributed by atoms with van der Waals surface area (Å²) in [6, 6.07) is 4.24. The van der Waals surface area contributed by atoms with Gasteiger partial charge in [-0.2, -0.15) is 0 Å². The summed E-state index contributed by atoms with van der Waals surface area (Å²) in [5.41, 5.74) is 1.32. The largest absolute Gasteiger partial charge is 0.370 e. The van der Waals surface area contributed by atoms with Crippen molar-refractivity contribution in [1.29, 1.82) is 0 Å². The summed E-state index contributed by atoms with van der Waals surface area (Å²) in [4.78, 5) is 6.94. The van der Waals surface area contributed by atoms with Crippen molar-refractivity contribution in [2.45, 2.75) is 39.2 Å². The van der Waals surface area contributed by atoms with Gasteiger partial charge < -0.3 is 10.2 Å². The maximum Gasteiger partial charge on any atom is 0.130 e. The molecule has 1 aromatic rings. The zero-order valence-electron chi connectivity index (χ0n) is 12.8. The number of anilines is 1. The minimum absolute atomic E-state index is 0.931. The van der Waals surface area contributed by atoms with E-state index in [-0.39, 0.29) is 0 Å². The predicted molar refractivity (Wildman–Crippen MR) is 83.7 cm³/mol. The monoisotopic (exact) mass is 273 g/mol. The van der Waals surface area contributed by atoms with Gasteiger partial charge in [-0.25, -0.2) is 4.98 Å². The molecule has 3 heteroatoms. The van der Waals surface area contributed by atoms with E-state index in [0.717, 1.165) is 36.7 Å². The summed E-state index contributed by atoms with van der Waals surface area (Å²) in [5.74, 6) is 4.06. The molecule has 3 rings (SSSR count). The highest BCUT2D eigenvalue weighted by Crippen LogP contribution is 2.48. The van der Waals surface area contributed by atoms with Crippen molar-refractivity contribution in [3.8, 4) is 0 Å². The van der Waals surface area contributed by atoms with Crippen LogP contribution in [0.4, 0.5) is 5.82 Å². The van der Waals surface area contributed by atoms with Crippen molar-refractivity contribution < 1.29 is 0 Å². The van der Waals surface area contributed by atoms with Gasteiger partial charge in [0.2, 0.25) is 0 Å². The van der Waals surface area contributed by atoms with Crippen molar-refractivity contribution in [1.82, 2.24) is 9.88 Å². The van der Waals surface area contributed by atoms with Crippen LogP contribution in [0, 0.1) is 17.8 Å². The molecule has 1 heterocycles. The van der Waals surface area contributed by atoms with Gasteiger partial charge in [-0.1, -0.05) is 12.5 Å². The fourth-order valence-corrected chi connectivity index (χ4v) is 4.25. The van der Waals surface area contributed by atoms with Gasteiger partial charge in [-0.05, 0) is 57.1 Å². The van der Waals surface area contributed by atoms with Gasteiger partial charge in [0.05, 0.1) is 0 Å². The third-order valence-corrected chi connectivity index (χ3v) is 5.11. The minimum atomic E-state index is 0.931. The molecule has 2 fully saturated rings. The van der Waals surface area contributed by atoms with Crippen molar-refractivity contribution in [2.75, 3.05) is 25.5 Å². The van der Waals surface area contributed by atoms with Gasteiger partial charge in [0.25, 0.3) is 0 Å². The van der Waals surface area contributed by atoms with Gasteiger partial charge in [0, 0.05) is 31.4 Å². The molecule has 0 saturated heterocycles. The third kappa shape index (κ3) is 2.98. The van der Waals surface area contributed by atoms with E-state index in [9.17, 15) is 0 Å². The van der Waals surface area contributed by atoms with Crippen LogP contribution in [0.3, 0.4) is 0 Å². The van der Waals surface area contributed by atoms with Crippen molar-refractivity contribution >= 4 is 5.82 Å². The maximum atomic E-state index is 4.45. The summed E-state index contributed by atoms with van der Waals surface area (Å²) in [6.07, 6.45) is 7.84. The second kappa shape index (κ2) is 6.13. The molecule has 2 aliphatic carbocycles. The number of pyridine rings is 1. The maximum absolute atomic E-state index is 4.45. The molecule has 3 nitrogen and oxygen atoms in total. The van der Waals surface area contributed by atoms with Gasteiger partial charge in [-0.15, -0.1) is 0 Å². The van der Waals surface area contributed by atoms with Gasteiger partial charge in [0.15, 0.2) is 0 Å². The smallest absolute Gasteiger partial charge is 0.130 e. The summed E-state index contributed by atoms with van der Waals surface area (Å²) >= 11 is 0. The van der Waals surface area contributed by atoms with Crippen molar-refractivity contribution in [2.24, 2.45) is 17.8 Å². The Morgan fingerprint density at radius 2 is 2.25 bits per heavy atom. The standard InChI is InChI=1S/C17H27N3/c1-3-18-17-15(5-4-8-19-17)11-20(2)12-16-10-13-6-7-14(16)9-13/h4-5,8,13-14,16H,3,6-7,9-12H2,1-2H3,(H,18,19). The molecule has 0 amide bonds. The lowest BCUT2D eigenvalue weighted by Crippen LogP contribution is -2.28. The lowest BCUT2D eigenvalue weighted by molar-refractivity contribution is 0.214. The highest BCUT2D eigenvalue weighted by atomic mass is 15.1. The number of rotatable bonds is 6. The predicted octanol–water partition coefficient (Wildman–Crippen LogP) is 3.38. The number of nitrogens with zero attached hydrogens (tertiary/aromatic N) is 2. The van der Waals surface area contributed by atoms with Crippen LogP contribution in [0.15, 0.2) is 18.3 Å². The lowest BCUT2D eigenvalue weighted by Gasteiger charge is -2.27. The van der Waals surface area contributed by atoms with E-state index in [1.165, 1.54) is 37.8 Å². The van der Waals surface area contributed by atoms with Crippen LogP contribution in [0.2, 0.25) is 0 Å². The van der Waals surface area contributed by atoms with E-state index in [2.05, 4.69) is 35.2 Å². The Bertz CT molecular complexity index is 446. The first kappa shape index (κ1) is 13.9. The fourth-order valence-electron chi connectivity index (χ4n) is 4.25. The van der Waals surface area contributed by atoms with Crippen LogP contribution in [-0.2, 0) is 6.54 Å². The molecule has 3 atom stereocenters. The molecule has 20 heavy (non-hydrogen) atoms. The number of hydrogen-bond acceptors (Lipinski definition) is 3. The molecule has 1 aromatic heterocycles. The molecule has 2 saturated carbocycles. The third-order valence-electron chi connectivity index (χ3n) is 5.11. The Hall–Kier alpha value is -1.09. The highest BCUT2D eigenvalue weighted by molar-refractivity contribution is 5.43. The Labute approximate surface area is 122 Å². The van der Waals surface area contributed by atoms with Crippen LogP contribution >= 0.6 is 0 Å². The van der Waals surface area contributed by atoms with Crippen LogP contribution in [0.25, 0.3) is 0 Å². The zero-order chi connectivity index (χ0) is 13.9. The molecule has 3 unspecified atom stereocenters. The van der Waals surface area contributed by atoms with Crippen LogP contribution in [-0.4, -0.2) is 30.0 Å². The number of fused-ring (bicyclic) bond motifs is 2. The number of aromatic nitrogens is 1. The summed E-state index contributed by atoms with van der Waals surface area (Å²) in [5, 5.41) is 3.36. The highest BCUT2D eigenvalue weighted by Gasteiger charge is 2.39. The average molecular weight is 273 g/mol. The first-order chi connectivity index (χ1) is 9.76. The Morgan fingerprint density at radius 3 is 2.95 bits per heavy atom. The van der Waals surface area contributed by atoms with Gasteiger partial charge in [0.1, 0.15) is 5.82 Å². The molecule has 2 bridgehead atoms. The molecular weight excluding hydrogens is 246 g/mol. The quantitative estimate of drug-likeness (QED) is 0.861. The first-order valence-corrected chi connectivity index (χ1v) is 8.12. The van der Waals surface area contributed by atoms with Crippen molar-refractivity contribution in [3.63, 3.8) is 0 Å². The van der Waals surface area contributed by atoms with Crippen LogP contribution in [0.1, 0.15) is 38.2 Å². The Balaban J connectivity index is 1.57. The van der Waals surface area contributed by atoms with Gasteiger partial charge >= 0.3 is 0 Å². The average Bonchev–Trinajstić information content (AvgIpc) is 3.03. The lowest BCUT2D eigenvalue weighted by atomic mass is 9.88. The van der Waals surface area contributed by atoms with E-state index in [4.69, 9.17) is 0 Å². The van der Waals surface area contributed by atoms with E-state index < -0.39 is 0 Å². The van der Waals surface area contributed by atoms with E-state index in [1.54, 1.807) is 0 Å². The molecule has 0 aromatic carbocycles. The van der Waals surface area contributed by atoms with E-state index in [1.807, 2.05) is 12.3 Å². The van der Waals surface area contributed by atoms with Crippen LogP contribution < -0.4 is 5.32 Å². The van der Waals surface area contributed by atoms with Gasteiger partial charge in [-0.3, -0.25) is 0 Å². The molecule has 110 valence electrons. The van der Waals surface area contributed by atoms with Crippen LogP contribution in [0.5, 0.6) is 0 Å². The first-order valence-electron chi connectivity index (χ1n) is 8.12. The van der Waals surface area contributed by atoms with E-state index >= 15 is 0 Å². The summed E-state index contributed by atoms with van der Waals surface area (Å²) in [7, 11) is 2.26. The SMILES string of the molecule is CCNc1ncccc1CN(C)CC1CC2CCC1C2. The zero-order valence-corrected chi connectivity index (χ0v) is 12.8. The Morgan fingerprint density at radius 1 is 1.35 bits per heavy atom. The summed E-state index contributed by atoms with van der Waals surface area (Å²) in [6.45, 7) is 5.31.